The number of ether oxygens (including phenoxy) is 1. The number of nitrogens with zero attached hydrogens (tertiary/aromatic N) is 4. The fourth-order valence-corrected chi connectivity index (χ4v) is 2.76. The lowest BCUT2D eigenvalue weighted by Gasteiger charge is -2.12. The van der Waals surface area contributed by atoms with Crippen molar-refractivity contribution in [2.24, 2.45) is 0 Å². The molecule has 22 heavy (non-hydrogen) atoms. The van der Waals surface area contributed by atoms with Crippen LogP contribution in [-0.2, 0) is 0 Å². The third-order valence-corrected chi connectivity index (χ3v) is 3.94. The molecule has 112 valence electrons. The van der Waals surface area contributed by atoms with E-state index in [1.165, 1.54) is 0 Å². The highest BCUT2D eigenvalue weighted by Crippen LogP contribution is 2.24. The van der Waals surface area contributed by atoms with Gasteiger partial charge in [0.15, 0.2) is 5.82 Å². The van der Waals surface area contributed by atoms with E-state index >= 15 is 0 Å². The van der Waals surface area contributed by atoms with Gasteiger partial charge in [-0.15, -0.1) is 0 Å². The molecule has 1 unspecified atom stereocenters. The lowest BCUT2D eigenvalue weighted by Crippen LogP contribution is -2.21. The summed E-state index contributed by atoms with van der Waals surface area (Å²) in [5.41, 5.74) is 1.83. The van der Waals surface area contributed by atoms with Crippen LogP contribution in [-0.4, -0.2) is 38.7 Å². The number of aromatic nitrogens is 4. The Kier molecular flexibility index (Phi) is 3.40. The van der Waals surface area contributed by atoms with Gasteiger partial charge in [-0.1, -0.05) is 23.7 Å². The fraction of sp³-hybridized carbons (Fsp3) is 0.267. The van der Waals surface area contributed by atoms with E-state index in [9.17, 15) is 0 Å². The maximum atomic E-state index is 6.26. The minimum atomic E-state index is 0.105. The second-order valence-corrected chi connectivity index (χ2v) is 5.57. The molecule has 1 atom stereocenters. The van der Waals surface area contributed by atoms with Gasteiger partial charge in [0, 0.05) is 6.54 Å². The number of benzene rings is 1. The first-order chi connectivity index (χ1) is 10.8. The average Bonchev–Trinajstić information content (AvgIpc) is 3.19. The summed E-state index contributed by atoms with van der Waals surface area (Å²) in [6.07, 6.45) is 4.33. The molecule has 3 aromatic rings. The summed E-state index contributed by atoms with van der Waals surface area (Å²) in [5, 5.41) is 3.71. The molecule has 1 aliphatic rings. The Labute approximate surface area is 132 Å². The quantitative estimate of drug-likeness (QED) is 0.803. The largest absolute Gasteiger partial charge is 0.459 e. The minimum absolute atomic E-state index is 0.105. The molecule has 0 radical (unpaired) electrons. The average molecular weight is 316 g/mol. The Morgan fingerprint density at radius 3 is 3.05 bits per heavy atom. The van der Waals surface area contributed by atoms with Crippen LogP contribution in [0.4, 0.5) is 0 Å². The minimum Gasteiger partial charge on any atom is -0.459 e. The van der Waals surface area contributed by atoms with Crippen LogP contribution in [0, 0.1) is 0 Å². The number of hydrogen-bond acceptors (Lipinski definition) is 5. The molecule has 0 amide bonds. The van der Waals surface area contributed by atoms with E-state index in [0.717, 1.165) is 30.5 Å². The van der Waals surface area contributed by atoms with Crippen molar-refractivity contribution in [1.82, 2.24) is 24.8 Å². The zero-order chi connectivity index (χ0) is 14.9. The second kappa shape index (κ2) is 5.55. The van der Waals surface area contributed by atoms with Gasteiger partial charge in [0.1, 0.15) is 17.5 Å². The molecule has 1 aliphatic heterocycles. The Hall–Kier alpha value is -2.18. The van der Waals surface area contributed by atoms with Gasteiger partial charge < -0.3 is 10.1 Å². The summed E-state index contributed by atoms with van der Waals surface area (Å²) in [4.78, 5) is 13.0. The van der Waals surface area contributed by atoms with E-state index in [1.807, 2.05) is 28.8 Å². The summed E-state index contributed by atoms with van der Waals surface area (Å²) < 4.78 is 7.65. The highest BCUT2D eigenvalue weighted by atomic mass is 35.5. The molecule has 0 saturated carbocycles. The number of hydrogen-bond donors (Lipinski definition) is 1. The fourth-order valence-electron chi connectivity index (χ4n) is 2.57. The third kappa shape index (κ3) is 2.40. The van der Waals surface area contributed by atoms with Crippen LogP contribution in [0.15, 0.2) is 36.8 Å². The van der Waals surface area contributed by atoms with Crippen LogP contribution < -0.4 is 10.1 Å². The Balaban J connectivity index is 1.74. The van der Waals surface area contributed by atoms with Crippen molar-refractivity contribution >= 4 is 22.6 Å². The number of rotatable bonds is 3. The maximum Gasteiger partial charge on any atom is 0.318 e. The molecule has 7 heteroatoms. The molecule has 6 nitrogen and oxygen atoms in total. The van der Waals surface area contributed by atoms with Gasteiger partial charge in [-0.3, -0.25) is 4.57 Å². The molecular weight excluding hydrogens is 302 g/mol. The molecule has 2 aromatic heterocycles. The van der Waals surface area contributed by atoms with Crippen LogP contribution in [0.2, 0.25) is 5.02 Å². The lowest BCUT2D eigenvalue weighted by atomic mass is 10.3. The Morgan fingerprint density at radius 2 is 2.18 bits per heavy atom. The number of fused-ring (bicyclic) bond motifs is 1. The number of imidazole rings is 1. The molecular formula is C15H14ClN5O. The van der Waals surface area contributed by atoms with Crippen molar-refractivity contribution in [3.8, 4) is 11.8 Å². The molecule has 3 heterocycles. The first-order valence-corrected chi connectivity index (χ1v) is 7.51. The van der Waals surface area contributed by atoms with E-state index in [4.69, 9.17) is 16.3 Å². The zero-order valence-electron chi connectivity index (χ0n) is 11.7. The first kappa shape index (κ1) is 13.5. The van der Waals surface area contributed by atoms with Crippen molar-refractivity contribution in [3.63, 3.8) is 0 Å². The Morgan fingerprint density at radius 1 is 1.27 bits per heavy atom. The van der Waals surface area contributed by atoms with Gasteiger partial charge in [-0.05, 0) is 25.1 Å². The highest BCUT2D eigenvalue weighted by Gasteiger charge is 2.18. The lowest BCUT2D eigenvalue weighted by molar-refractivity contribution is 0.204. The summed E-state index contributed by atoms with van der Waals surface area (Å²) >= 11 is 6.26. The topological polar surface area (TPSA) is 64.9 Å². The van der Waals surface area contributed by atoms with E-state index in [1.54, 1.807) is 12.5 Å². The van der Waals surface area contributed by atoms with Crippen LogP contribution in [0.25, 0.3) is 16.9 Å². The zero-order valence-corrected chi connectivity index (χ0v) is 12.5. The van der Waals surface area contributed by atoms with Crippen LogP contribution in [0.3, 0.4) is 0 Å². The summed E-state index contributed by atoms with van der Waals surface area (Å²) in [6, 6.07) is 8.16. The molecule has 0 bridgehead atoms. The van der Waals surface area contributed by atoms with E-state index in [0.29, 0.717) is 16.9 Å². The first-order valence-electron chi connectivity index (χ1n) is 7.13. The summed E-state index contributed by atoms with van der Waals surface area (Å²) in [7, 11) is 0. The second-order valence-electron chi connectivity index (χ2n) is 5.16. The van der Waals surface area contributed by atoms with Gasteiger partial charge in [-0.25, -0.2) is 9.97 Å². The van der Waals surface area contributed by atoms with Crippen molar-refractivity contribution in [3.05, 3.63) is 41.8 Å². The molecule has 1 fully saturated rings. The number of nitrogens with one attached hydrogen (secondary N) is 1. The van der Waals surface area contributed by atoms with E-state index < -0.39 is 0 Å². The summed E-state index contributed by atoms with van der Waals surface area (Å²) in [6.45, 7) is 1.77. The van der Waals surface area contributed by atoms with E-state index in [-0.39, 0.29) is 6.10 Å². The molecule has 1 N–H and O–H groups in total. The number of halogens is 1. The van der Waals surface area contributed by atoms with Gasteiger partial charge in [-0.2, -0.15) is 4.98 Å². The van der Waals surface area contributed by atoms with Gasteiger partial charge in [0.25, 0.3) is 0 Å². The predicted octanol–water partition coefficient (Wildman–Crippen LogP) is 2.21. The van der Waals surface area contributed by atoms with Crippen LogP contribution in [0.1, 0.15) is 6.42 Å². The van der Waals surface area contributed by atoms with Crippen LogP contribution >= 0.6 is 11.6 Å². The van der Waals surface area contributed by atoms with Crippen molar-refractivity contribution in [2.45, 2.75) is 12.5 Å². The van der Waals surface area contributed by atoms with Gasteiger partial charge >= 0.3 is 6.01 Å². The molecule has 0 spiro atoms. The standard InChI is InChI=1S/C15H14ClN5O/c16-11-8-18-15(22-10-5-6-17-7-10)20-14(11)21-9-19-12-3-1-2-4-13(12)21/h1-4,8-10,17H,5-7H2. The third-order valence-electron chi connectivity index (χ3n) is 3.67. The van der Waals surface area contributed by atoms with Crippen molar-refractivity contribution in [1.29, 1.82) is 0 Å². The molecule has 1 saturated heterocycles. The molecule has 4 rings (SSSR count). The van der Waals surface area contributed by atoms with Gasteiger partial charge in [0.05, 0.1) is 17.2 Å². The SMILES string of the molecule is Clc1cnc(OC2CCNC2)nc1-n1cnc2ccccc21. The maximum absolute atomic E-state index is 6.26. The highest BCUT2D eigenvalue weighted by molar-refractivity contribution is 6.32. The van der Waals surface area contributed by atoms with Crippen molar-refractivity contribution in [2.75, 3.05) is 13.1 Å². The molecule has 0 aliphatic carbocycles. The van der Waals surface area contributed by atoms with Gasteiger partial charge in [0.2, 0.25) is 0 Å². The number of para-hydroxylation sites is 2. The predicted molar refractivity (Wildman–Crippen MR) is 83.6 cm³/mol. The monoisotopic (exact) mass is 315 g/mol. The van der Waals surface area contributed by atoms with Crippen molar-refractivity contribution < 1.29 is 4.74 Å². The summed E-state index contributed by atoms with van der Waals surface area (Å²) in [5.74, 6) is 0.575. The van der Waals surface area contributed by atoms with Crippen LogP contribution in [0.5, 0.6) is 6.01 Å². The smallest absolute Gasteiger partial charge is 0.318 e. The Bertz CT molecular complexity index is 813. The van der Waals surface area contributed by atoms with E-state index in [2.05, 4.69) is 20.3 Å². The normalized spacial score (nSPS) is 18.0. The molecule has 1 aromatic carbocycles.